The number of ether oxygens (including phenoxy) is 1. The van der Waals surface area contributed by atoms with Gasteiger partial charge in [0.25, 0.3) is 0 Å². The monoisotopic (exact) mass is 188 g/mol. The molecular weight excluding hydrogens is 176 g/mol. The van der Waals surface area contributed by atoms with Crippen molar-refractivity contribution in [3.8, 4) is 0 Å². The van der Waals surface area contributed by atoms with Crippen LogP contribution < -0.4 is 0 Å². The first-order chi connectivity index (χ1) is 6.86. The lowest BCUT2D eigenvalue weighted by atomic mass is 10.00. The second kappa shape index (κ2) is 2.92. The molecule has 0 radical (unpaired) electrons. The van der Waals surface area contributed by atoms with E-state index in [0.717, 1.165) is 18.6 Å². The molecule has 2 fully saturated rings. The van der Waals surface area contributed by atoms with Crippen LogP contribution in [0.25, 0.3) is 0 Å². The number of rotatable bonds is 1. The Morgan fingerprint density at radius 1 is 1.21 bits per heavy atom. The normalized spacial score (nSPS) is 35.1. The Bertz CT molecular complexity index is 358. The second-order valence-electron chi connectivity index (χ2n) is 4.13. The van der Waals surface area contributed by atoms with Crippen LogP contribution in [-0.4, -0.2) is 12.4 Å². The summed E-state index contributed by atoms with van der Waals surface area (Å²) < 4.78 is 5.58. The fourth-order valence-electron chi connectivity index (χ4n) is 2.16. The average Bonchev–Trinajstić information content (AvgIpc) is 3.00. The third kappa shape index (κ3) is 1.18. The van der Waals surface area contributed by atoms with Crippen LogP contribution in [0.4, 0.5) is 0 Å². The van der Waals surface area contributed by atoms with Gasteiger partial charge in [-0.2, -0.15) is 0 Å². The molecule has 0 aromatic heterocycles. The van der Waals surface area contributed by atoms with Gasteiger partial charge in [0.05, 0.1) is 6.61 Å². The van der Waals surface area contributed by atoms with Crippen molar-refractivity contribution in [2.75, 3.05) is 6.61 Å². The molecule has 0 N–H and O–H groups in total. The SMILES string of the molecule is O=C1[C@H](c2ccccc2)OC[C@@H]2C[C@H]12. The van der Waals surface area contributed by atoms with Gasteiger partial charge in [-0.05, 0) is 17.9 Å². The molecule has 1 aliphatic heterocycles. The first kappa shape index (κ1) is 8.18. The van der Waals surface area contributed by atoms with E-state index in [1.165, 1.54) is 0 Å². The highest BCUT2D eigenvalue weighted by Crippen LogP contribution is 2.47. The highest BCUT2D eigenvalue weighted by Gasteiger charge is 2.50. The summed E-state index contributed by atoms with van der Waals surface area (Å²) in [5.41, 5.74) is 1.00. The zero-order chi connectivity index (χ0) is 9.54. The lowest BCUT2D eigenvalue weighted by Gasteiger charge is -2.21. The maximum absolute atomic E-state index is 11.8. The van der Waals surface area contributed by atoms with E-state index in [9.17, 15) is 4.79 Å². The lowest BCUT2D eigenvalue weighted by molar-refractivity contribution is -0.137. The van der Waals surface area contributed by atoms with Gasteiger partial charge in [0.1, 0.15) is 6.10 Å². The standard InChI is InChI=1S/C12H12O2/c13-11-10-6-9(10)7-14-12(11)8-4-2-1-3-5-8/h1-5,9-10,12H,6-7H2/t9-,10-,12-/m0/s1. The van der Waals surface area contributed by atoms with Crippen LogP contribution in [0, 0.1) is 11.8 Å². The van der Waals surface area contributed by atoms with Gasteiger partial charge in [-0.25, -0.2) is 0 Å². The molecule has 1 heterocycles. The number of carbonyl (C=O) groups excluding carboxylic acids is 1. The molecule has 2 nitrogen and oxygen atoms in total. The van der Waals surface area contributed by atoms with Gasteiger partial charge in [-0.3, -0.25) is 4.79 Å². The van der Waals surface area contributed by atoms with Crippen LogP contribution in [0.5, 0.6) is 0 Å². The van der Waals surface area contributed by atoms with Gasteiger partial charge in [0, 0.05) is 5.92 Å². The molecule has 72 valence electrons. The minimum atomic E-state index is -0.292. The number of benzene rings is 1. The Morgan fingerprint density at radius 2 is 2.00 bits per heavy atom. The van der Waals surface area contributed by atoms with E-state index in [1.807, 2.05) is 30.3 Å². The number of carbonyl (C=O) groups is 1. The van der Waals surface area contributed by atoms with Crippen molar-refractivity contribution in [1.29, 1.82) is 0 Å². The van der Waals surface area contributed by atoms with E-state index >= 15 is 0 Å². The molecule has 3 rings (SSSR count). The number of fused-ring (bicyclic) bond motifs is 1. The summed E-state index contributed by atoms with van der Waals surface area (Å²) in [6, 6.07) is 9.78. The Balaban J connectivity index is 1.88. The van der Waals surface area contributed by atoms with Gasteiger partial charge in [-0.15, -0.1) is 0 Å². The summed E-state index contributed by atoms with van der Waals surface area (Å²) in [7, 11) is 0. The number of Topliss-reactive ketones (excluding diaryl/α,β-unsaturated/α-hetero) is 1. The first-order valence-electron chi connectivity index (χ1n) is 5.06. The summed E-state index contributed by atoms with van der Waals surface area (Å²) >= 11 is 0. The molecule has 0 bridgehead atoms. The van der Waals surface area contributed by atoms with E-state index in [0.29, 0.717) is 11.8 Å². The minimum Gasteiger partial charge on any atom is -0.365 e. The van der Waals surface area contributed by atoms with Crippen molar-refractivity contribution in [2.45, 2.75) is 12.5 Å². The Labute approximate surface area is 82.9 Å². The summed E-state index contributed by atoms with van der Waals surface area (Å²) in [6.07, 6.45) is 0.752. The molecule has 1 aromatic carbocycles. The van der Waals surface area contributed by atoms with Crippen LogP contribution >= 0.6 is 0 Å². The van der Waals surface area contributed by atoms with E-state index in [1.54, 1.807) is 0 Å². The first-order valence-corrected chi connectivity index (χ1v) is 5.06. The van der Waals surface area contributed by atoms with Crippen molar-refractivity contribution < 1.29 is 9.53 Å². The van der Waals surface area contributed by atoms with Crippen molar-refractivity contribution in [3.63, 3.8) is 0 Å². The van der Waals surface area contributed by atoms with Crippen LogP contribution in [0.15, 0.2) is 30.3 Å². The van der Waals surface area contributed by atoms with Gasteiger partial charge < -0.3 is 4.74 Å². The quantitative estimate of drug-likeness (QED) is 0.673. The largest absolute Gasteiger partial charge is 0.365 e. The van der Waals surface area contributed by atoms with E-state index in [2.05, 4.69) is 0 Å². The number of ketones is 1. The molecule has 1 aliphatic carbocycles. The second-order valence-corrected chi connectivity index (χ2v) is 4.13. The number of hydrogen-bond donors (Lipinski definition) is 0. The van der Waals surface area contributed by atoms with Crippen molar-refractivity contribution >= 4 is 5.78 Å². The third-order valence-corrected chi connectivity index (χ3v) is 3.13. The summed E-state index contributed by atoms with van der Waals surface area (Å²) in [5, 5.41) is 0. The molecule has 2 heteroatoms. The maximum Gasteiger partial charge on any atom is 0.169 e. The smallest absolute Gasteiger partial charge is 0.169 e. The summed E-state index contributed by atoms with van der Waals surface area (Å²) in [4.78, 5) is 11.8. The van der Waals surface area contributed by atoms with Gasteiger partial charge in [0.15, 0.2) is 5.78 Å². The summed E-state index contributed by atoms with van der Waals surface area (Å²) in [5.74, 6) is 1.11. The number of hydrogen-bond acceptors (Lipinski definition) is 2. The van der Waals surface area contributed by atoms with Crippen molar-refractivity contribution in [3.05, 3.63) is 35.9 Å². The molecule has 0 unspecified atom stereocenters. The molecule has 1 aromatic rings. The molecule has 0 spiro atoms. The van der Waals surface area contributed by atoms with E-state index < -0.39 is 0 Å². The third-order valence-electron chi connectivity index (χ3n) is 3.13. The van der Waals surface area contributed by atoms with Crippen LogP contribution in [0.1, 0.15) is 18.1 Å². The molecule has 14 heavy (non-hydrogen) atoms. The average molecular weight is 188 g/mol. The molecule has 3 atom stereocenters. The molecule has 1 saturated carbocycles. The van der Waals surface area contributed by atoms with Crippen molar-refractivity contribution in [2.24, 2.45) is 11.8 Å². The zero-order valence-corrected chi connectivity index (χ0v) is 7.85. The highest BCUT2D eigenvalue weighted by atomic mass is 16.5. The van der Waals surface area contributed by atoms with Gasteiger partial charge in [0.2, 0.25) is 0 Å². The maximum atomic E-state index is 11.8. The van der Waals surface area contributed by atoms with Crippen LogP contribution in [-0.2, 0) is 9.53 Å². The Kier molecular flexibility index (Phi) is 1.71. The van der Waals surface area contributed by atoms with Crippen molar-refractivity contribution in [1.82, 2.24) is 0 Å². The fourth-order valence-corrected chi connectivity index (χ4v) is 2.16. The highest BCUT2D eigenvalue weighted by molar-refractivity contribution is 5.89. The topological polar surface area (TPSA) is 26.3 Å². The minimum absolute atomic E-state index is 0.285. The Morgan fingerprint density at radius 3 is 2.79 bits per heavy atom. The fraction of sp³-hybridized carbons (Fsp3) is 0.417. The Hall–Kier alpha value is -1.15. The zero-order valence-electron chi connectivity index (χ0n) is 7.85. The van der Waals surface area contributed by atoms with Crippen LogP contribution in [0.2, 0.25) is 0 Å². The van der Waals surface area contributed by atoms with Crippen LogP contribution in [0.3, 0.4) is 0 Å². The molecule has 2 aliphatic rings. The molecule has 1 saturated heterocycles. The van der Waals surface area contributed by atoms with E-state index in [4.69, 9.17) is 4.74 Å². The van der Waals surface area contributed by atoms with Gasteiger partial charge in [-0.1, -0.05) is 30.3 Å². The molecule has 0 amide bonds. The summed E-state index contributed by atoms with van der Waals surface area (Å²) in [6.45, 7) is 0.760. The molecular formula is C12H12O2. The van der Waals surface area contributed by atoms with E-state index in [-0.39, 0.29) is 11.9 Å². The lowest BCUT2D eigenvalue weighted by Crippen LogP contribution is -2.24. The predicted molar refractivity (Wildman–Crippen MR) is 51.7 cm³/mol. The predicted octanol–water partition coefficient (Wildman–Crippen LogP) is 1.96. The van der Waals surface area contributed by atoms with Gasteiger partial charge >= 0.3 is 0 Å².